The van der Waals surface area contributed by atoms with Gasteiger partial charge in [0, 0.05) is 4.88 Å². The van der Waals surface area contributed by atoms with Crippen molar-refractivity contribution < 1.29 is 19.1 Å². The third-order valence-electron chi connectivity index (χ3n) is 3.24. The van der Waals surface area contributed by atoms with Gasteiger partial charge >= 0.3 is 5.97 Å². The lowest BCUT2D eigenvalue weighted by atomic mass is 10.1. The van der Waals surface area contributed by atoms with Gasteiger partial charge in [-0.25, -0.2) is 9.18 Å². The van der Waals surface area contributed by atoms with E-state index in [0.29, 0.717) is 5.56 Å². The fourth-order valence-electron chi connectivity index (χ4n) is 2.22. The number of amides is 1. The average Bonchev–Trinajstić information content (AvgIpc) is 2.94. The lowest BCUT2D eigenvalue weighted by Crippen LogP contribution is -2.36. The molecule has 122 valence electrons. The standard InChI is InChI=1S/C16H17FN2O3S/c1-19(2)14(10-4-3-5-11(17)8-10)15(20)18-9-12-6-7-13(23-12)16(21)22/h3-8,14H,9H2,1-2H3,(H,18,20)(H,21,22). The number of likely N-dealkylation sites (N-methyl/N-ethyl adjacent to an activating group) is 1. The Balaban J connectivity index is 2.08. The van der Waals surface area contributed by atoms with Crippen LogP contribution in [-0.2, 0) is 11.3 Å². The highest BCUT2D eigenvalue weighted by Crippen LogP contribution is 2.20. The second-order valence-electron chi connectivity index (χ2n) is 5.21. The van der Waals surface area contributed by atoms with Crippen LogP contribution in [0.3, 0.4) is 0 Å². The summed E-state index contributed by atoms with van der Waals surface area (Å²) in [4.78, 5) is 25.9. The number of carbonyl (C=O) groups excluding carboxylic acids is 1. The van der Waals surface area contributed by atoms with E-state index < -0.39 is 17.8 Å². The van der Waals surface area contributed by atoms with Gasteiger partial charge in [0.25, 0.3) is 0 Å². The Morgan fingerprint density at radius 3 is 2.61 bits per heavy atom. The normalized spacial score (nSPS) is 12.2. The summed E-state index contributed by atoms with van der Waals surface area (Å²) in [6.45, 7) is 0.233. The van der Waals surface area contributed by atoms with E-state index in [1.54, 1.807) is 37.2 Å². The molecular weight excluding hydrogens is 319 g/mol. The molecule has 7 heteroatoms. The molecule has 23 heavy (non-hydrogen) atoms. The highest BCUT2D eigenvalue weighted by atomic mass is 32.1. The Morgan fingerprint density at radius 1 is 1.30 bits per heavy atom. The summed E-state index contributed by atoms with van der Waals surface area (Å²) < 4.78 is 13.4. The highest BCUT2D eigenvalue weighted by Gasteiger charge is 2.23. The van der Waals surface area contributed by atoms with Crippen molar-refractivity contribution in [2.45, 2.75) is 12.6 Å². The van der Waals surface area contributed by atoms with Crippen LogP contribution in [0.4, 0.5) is 4.39 Å². The van der Waals surface area contributed by atoms with E-state index >= 15 is 0 Å². The maximum atomic E-state index is 13.4. The second kappa shape index (κ2) is 7.34. The molecule has 5 nitrogen and oxygen atoms in total. The monoisotopic (exact) mass is 336 g/mol. The summed E-state index contributed by atoms with van der Waals surface area (Å²) >= 11 is 1.11. The van der Waals surface area contributed by atoms with Crippen LogP contribution in [0.1, 0.15) is 26.2 Å². The predicted octanol–water partition coefficient (Wildman–Crippen LogP) is 2.50. The first-order chi connectivity index (χ1) is 10.9. The third-order valence-corrected chi connectivity index (χ3v) is 4.31. The molecule has 1 heterocycles. The minimum Gasteiger partial charge on any atom is -0.477 e. The number of aromatic carboxylic acids is 1. The maximum absolute atomic E-state index is 13.4. The number of hydrogen-bond donors (Lipinski definition) is 2. The zero-order chi connectivity index (χ0) is 17.0. The summed E-state index contributed by atoms with van der Waals surface area (Å²) in [6.07, 6.45) is 0. The Bertz CT molecular complexity index is 715. The molecule has 1 atom stereocenters. The number of carbonyl (C=O) groups is 2. The zero-order valence-electron chi connectivity index (χ0n) is 12.7. The maximum Gasteiger partial charge on any atom is 0.345 e. The second-order valence-corrected chi connectivity index (χ2v) is 6.38. The lowest BCUT2D eigenvalue weighted by Gasteiger charge is -2.23. The number of nitrogens with zero attached hydrogens (tertiary/aromatic N) is 1. The molecule has 0 saturated heterocycles. The van der Waals surface area contributed by atoms with Gasteiger partial charge in [-0.05, 0) is 43.9 Å². The summed E-state index contributed by atoms with van der Waals surface area (Å²) in [7, 11) is 3.48. The quantitative estimate of drug-likeness (QED) is 0.850. The molecule has 1 aromatic carbocycles. The van der Waals surface area contributed by atoms with E-state index in [2.05, 4.69) is 5.32 Å². The molecule has 1 amide bonds. The number of carboxylic acid groups (broad SMARTS) is 1. The van der Waals surface area contributed by atoms with E-state index in [-0.39, 0.29) is 17.3 Å². The SMILES string of the molecule is CN(C)C(C(=O)NCc1ccc(C(=O)O)s1)c1cccc(F)c1. The molecule has 0 spiro atoms. The molecule has 1 unspecified atom stereocenters. The summed E-state index contributed by atoms with van der Waals surface area (Å²) in [5, 5.41) is 11.7. The van der Waals surface area contributed by atoms with Gasteiger partial charge < -0.3 is 10.4 Å². The van der Waals surface area contributed by atoms with Crippen molar-refractivity contribution in [2.75, 3.05) is 14.1 Å². The van der Waals surface area contributed by atoms with Gasteiger partial charge in [0.15, 0.2) is 0 Å². The van der Waals surface area contributed by atoms with Gasteiger partial charge in [-0.3, -0.25) is 9.69 Å². The van der Waals surface area contributed by atoms with Crippen LogP contribution in [0, 0.1) is 5.82 Å². The molecule has 2 aromatic rings. The zero-order valence-corrected chi connectivity index (χ0v) is 13.6. The van der Waals surface area contributed by atoms with Gasteiger partial charge in [-0.15, -0.1) is 11.3 Å². The van der Waals surface area contributed by atoms with E-state index in [9.17, 15) is 14.0 Å². The smallest absolute Gasteiger partial charge is 0.345 e. The molecule has 0 aliphatic rings. The Kier molecular flexibility index (Phi) is 5.46. The highest BCUT2D eigenvalue weighted by molar-refractivity contribution is 7.13. The number of nitrogens with one attached hydrogen (secondary N) is 1. The number of hydrogen-bond acceptors (Lipinski definition) is 4. The van der Waals surface area contributed by atoms with Gasteiger partial charge in [-0.2, -0.15) is 0 Å². The molecular formula is C16H17FN2O3S. The molecule has 2 N–H and O–H groups in total. The Morgan fingerprint density at radius 2 is 2.04 bits per heavy atom. The van der Waals surface area contributed by atoms with E-state index in [1.807, 2.05) is 0 Å². The number of benzene rings is 1. The summed E-state index contributed by atoms with van der Waals surface area (Å²) in [6, 6.07) is 8.47. The van der Waals surface area contributed by atoms with Crippen molar-refractivity contribution in [2.24, 2.45) is 0 Å². The van der Waals surface area contributed by atoms with Crippen LogP contribution in [-0.4, -0.2) is 36.0 Å². The van der Waals surface area contributed by atoms with Gasteiger partial charge in [0.2, 0.25) is 5.91 Å². The Hall–Kier alpha value is -2.25. The van der Waals surface area contributed by atoms with Gasteiger partial charge in [-0.1, -0.05) is 12.1 Å². The molecule has 0 aliphatic carbocycles. The molecule has 0 radical (unpaired) electrons. The van der Waals surface area contributed by atoms with Crippen LogP contribution in [0.5, 0.6) is 0 Å². The first-order valence-corrected chi connectivity index (χ1v) is 7.71. The van der Waals surface area contributed by atoms with Crippen LogP contribution in [0.25, 0.3) is 0 Å². The van der Waals surface area contributed by atoms with Crippen LogP contribution < -0.4 is 5.32 Å². The molecule has 1 aromatic heterocycles. The van der Waals surface area contributed by atoms with Crippen molar-refractivity contribution in [3.8, 4) is 0 Å². The van der Waals surface area contributed by atoms with E-state index in [0.717, 1.165) is 16.2 Å². The van der Waals surface area contributed by atoms with Gasteiger partial charge in [0.05, 0.1) is 6.54 Å². The Labute approximate surface area is 137 Å². The molecule has 2 rings (SSSR count). The van der Waals surface area contributed by atoms with Crippen molar-refractivity contribution in [3.63, 3.8) is 0 Å². The fourth-order valence-corrected chi connectivity index (χ4v) is 3.01. The fraction of sp³-hybridized carbons (Fsp3) is 0.250. The minimum absolute atomic E-state index is 0.225. The summed E-state index contributed by atoms with van der Waals surface area (Å²) in [5.74, 6) is -1.66. The van der Waals surface area contributed by atoms with E-state index in [1.165, 1.54) is 18.2 Å². The largest absolute Gasteiger partial charge is 0.477 e. The van der Waals surface area contributed by atoms with Crippen molar-refractivity contribution in [3.05, 3.63) is 57.5 Å². The first-order valence-electron chi connectivity index (χ1n) is 6.90. The number of rotatable bonds is 6. The van der Waals surface area contributed by atoms with Crippen LogP contribution >= 0.6 is 11.3 Å². The lowest BCUT2D eigenvalue weighted by molar-refractivity contribution is -0.125. The number of carboxylic acids is 1. The van der Waals surface area contributed by atoms with Gasteiger partial charge in [0.1, 0.15) is 16.7 Å². The minimum atomic E-state index is -0.987. The molecule has 0 bridgehead atoms. The molecule has 0 aliphatic heterocycles. The number of halogens is 1. The predicted molar refractivity (Wildman–Crippen MR) is 86.0 cm³/mol. The molecule has 0 fully saturated rings. The number of thiophene rings is 1. The van der Waals surface area contributed by atoms with Crippen molar-refractivity contribution >= 4 is 23.2 Å². The summed E-state index contributed by atoms with van der Waals surface area (Å²) in [5.41, 5.74) is 0.560. The van der Waals surface area contributed by atoms with Crippen LogP contribution in [0.15, 0.2) is 36.4 Å². The third kappa shape index (κ3) is 4.37. The van der Waals surface area contributed by atoms with Crippen LogP contribution in [0.2, 0.25) is 0 Å². The van der Waals surface area contributed by atoms with Crippen molar-refractivity contribution in [1.82, 2.24) is 10.2 Å². The first kappa shape index (κ1) is 17.1. The average molecular weight is 336 g/mol. The van der Waals surface area contributed by atoms with Crippen molar-refractivity contribution in [1.29, 1.82) is 0 Å². The van der Waals surface area contributed by atoms with E-state index in [4.69, 9.17) is 5.11 Å². The topological polar surface area (TPSA) is 69.6 Å². The molecule has 0 saturated carbocycles.